The summed E-state index contributed by atoms with van der Waals surface area (Å²) in [5.74, 6) is 1.56. The Bertz CT molecular complexity index is 203. The summed E-state index contributed by atoms with van der Waals surface area (Å²) in [6.45, 7) is 9.70. The van der Waals surface area contributed by atoms with E-state index in [0.29, 0.717) is 6.04 Å². The van der Waals surface area contributed by atoms with Crippen molar-refractivity contribution in [3.8, 4) is 0 Å². The lowest BCUT2D eigenvalue weighted by molar-refractivity contribution is 0.255. The predicted molar refractivity (Wildman–Crippen MR) is 66.1 cm³/mol. The van der Waals surface area contributed by atoms with Gasteiger partial charge in [0.05, 0.1) is 0 Å². The van der Waals surface area contributed by atoms with E-state index < -0.39 is 0 Å². The molecule has 1 rings (SSSR count). The molecule has 0 radical (unpaired) electrons. The minimum atomic E-state index is 0.697. The molecule has 1 aliphatic rings. The van der Waals surface area contributed by atoms with Crippen LogP contribution in [-0.2, 0) is 0 Å². The van der Waals surface area contributed by atoms with Crippen molar-refractivity contribution >= 4 is 12.6 Å². The van der Waals surface area contributed by atoms with Crippen LogP contribution in [0.1, 0.15) is 6.92 Å². The lowest BCUT2D eigenvalue weighted by atomic mass is 10.1. The molecule has 0 N–H and O–H groups in total. The van der Waals surface area contributed by atoms with E-state index in [9.17, 15) is 0 Å². The van der Waals surface area contributed by atoms with Crippen molar-refractivity contribution in [2.75, 3.05) is 39.5 Å². The van der Waals surface area contributed by atoms with E-state index in [1.54, 1.807) is 0 Å². The molecule has 0 spiro atoms. The number of hydrogen-bond donors (Lipinski definition) is 1. The van der Waals surface area contributed by atoms with Crippen molar-refractivity contribution in [3.05, 3.63) is 12.2 Å². The molecule has 3 heteroatoms. The first-order chi connectivity index (χ1) is 6.54. The van der Waals surface area contributed by atoms with E-state index in [0.717, 1.165) is 18.2 Å². The van der Waals surface area contributed by atoms with Crippen LogP contribution in [0.2, 0.25) is 0 Å². The van der Waals surface area contributed by atoms with Gasteiger partial charge < -0.3 is 4.90 Å². The third-order valence-corrected chi connectivity index (χ3v) is 3.43. The quantitative estimate of drug-likeness (QED) is 0.557. The first-order valence-electron chi connectivity index (χ1n) is 5.21. The van der Waals surface area contributed by atoms with Crippen LogP contribution in [0.3, 0.4) is 0 Å². The molecule has 0 aromatic carbocycles. The highest BCUT2D eigenvalue weighted by Gasteiger charge is 2.30. The molecule has 1 saturated heterocycles. The molecule has 2 unspecified atom stereocenters. The van der Waals surface area contributed by atoms with Gasteiger partial charge in [0, 0.05) is 31.4 Å². The van der Waals surface area contributed by atoms with Gasteiger partial charge in [0.25, 0.3) is 0 Å². The molecule has 82 valence electrons. The normalized spacial score (nSPS) is 28.6. The predicted octanol–water partition coefficient (Wildman–Crippen LogP) is 1.35. The molecule has 1 heterocycles. The van der Waals surface area contributed by atoms with Crippen LogP contribution in [0.15, 0.2) is 12.2 Å². The van der Waals surface area contributed by atoms with Gasteiger partial charge in [-0.05, 0) is 20.0 Å². The molecule has 0 aromatic heterocycles. The lowest BCUT2D eigenvalue weighted by Crippen LogP contribution is -2.34. The fourth-order valence-electron chi connectivity index (χ4n) is 2.22. The zero-order valence-electron chi connectivity index (χ0n) is 9.53. The molecule has 0 saturated carbocycles. The molecule has 0 aliphatic carbocycles. The van der Waals surface area contributed by atoms with E-state index in [1.807, 2.05) is 0 Å². The maximum Gasteiger partial charge on any atom is 0.0254 e. The van der Waals surface area contributed by atoms with E-state index in [-0.39, 0.29) is 0 Å². The Morgan fingerprint density at radius 1 is 1.50 bits per heavy atom. The van der Waals surface area contributed by atoms with Gasteiger partial charge in [-0.15, -0.1) is 0 Å². The van der Waals surface area contributed by atoms with Gasteiger partial charge in [-0.25, -0.2) is 0 Å². The van der Waals surface area contributed by atoms with Gasteiger partial charge in [0.2, 0.25) is 0 Å². The number of likely N-dealkylation sites (tertiary alicyclic amines) is 1. The fraction of sp³-hybridized carbons (Fsp3) is 0.818. The van der Waals surface area contributed by atoms with Crippen molar-refractivity contribution in [1.82, 2.24) is 9.80 Å². The minimum absolute atomic E-state index is 0.697. The van der Waals surface area contributed by atoms with Crippen LogP contribution < -0.4 is 0 Å². The summed E-state index contributed by atoms with van der Waals surface area (Å²) in [4.78, 5) is 4.81. The molecule has 14 heavy (non-hydrogen) atoms. The number of thiol groups is 1. The van der Waals surface area contributed by atoms with Gasteiger partial charge in [-0.1, -0.05) is 19.1 Å². The molecule has 0 amide bonds. The Kier molecular flexibility index (Phi) is 4.48. The molecule has 0 aromatic rings. The van der Waals surface area contributed by atoms with Gasteiger partial charge in [0.1, 0.15) is 0 Å². The Balaban J connectivity index is 2.42. The minimum Gasteiger partial charge on any atom is -0.305 e. The van der Waals surface area contributed by atoms with E-state index in [4.69, 9.17) is 0 Å². The summed E-state index contributed by atoms with van der Waals surface area (Å²) in [5.41, 5.74) is 1.22. The van der Waals surface area contributed by atoms with Gasteiger partial charge in [-0.2, -0.15) is 12.6 Å². The molecular formula is C11H22N2S. The second kappa shape index (κ2) is 5.19. The Labute approximate surface area is 93.4 Å². The molecule has 0 bridgehead atoms. The highest BCUT2D eigenvalue weighted by atomic mass is 32.1. The molecule has 1 aliphatic heterocycles. The summed E-state index contributed by atoms with van der Waals surface area (Å²) in [6.07, 6.45) is 0. The van der Waals surface area contributed by atoms with Crippen molar-refractivity contribution < 1.29 is 0 Å². The summed E-state index contributed by atoms with van der Waals surface area (Å²) in [5, 5.41) is 0. The average Bonchev–Trinajstić information content (AvgIpc) is 2.46. The summed E-state index contributed by atoms with van der Waals surface area (Å²) < 4.78 is 0. The van der Waals surface area contributed by atoms with Crippen LogP contribution in [-0.4, -0.2) is 55.3 Å². The first-order valence-corrected chi connectivity index (χ1v) is 5.84. The second-order valence-corrected chi connectivity index (χ2v) is 4.93. The Hall–Kier alpha value is 0.01000. The van der Waals surface area contributed by atoms with E-state index in [1.165, 1.54) is 18.7 Å². The van der Waals surface area contributed by atoms with Gasteiger partial charge in [0.15, 0.2) is 0 Å². The summed E-state index contributed by atoms with van der Waals surface area (Å²) in [7, 11) is 4.33. The third-order valence-electron chi connectivity index (χ3n) is 2.98. The molecule has 2 atom stereocenters. The zero-order chi connectivity index (χ0) is 10.7. The molecule has 1 fully saturated rings. The van der Waals surface area contributed by atoms with Crippen LogP contribution in [0, 0.1) is 5.92 Å². The van der Waals surface area contributed by atoms with Crippen LogP contribution in [0.5, 0.6) is 0 Å². The molecule has 2 nitrogen and oxygen atoms in total. The second-order valence-electron chi connectivity index (χ2n) is 4.61. The van der Waals surface area contributed by atoms with Crippen LogP contribution in [0.4, 0.5) is 0 Å². The highest BCUT2D eigenvalue weighted by molar-refractivity contribution is 7.80. The van der Waals surface area contributed by atoms with Crippen LogP contribution in [0.25, 0.3) is 0 Å². The SMILES string of the molecule is C=C(CS)CN1CC(C)C(N(C)C)C1. The Morgan fingerprint density at radius 2 is 2.14 bits per heavy atom. The van der Waals surface area contributed by atoms with Crippen molar-refractivity contribution in [3.63, 3.8) is 0 Å². The number of hydrogen-bond acceptors (Lipinski definition) is 3. The first kappa shape index (κ1) is 12.1. The standard InChI is InChI=1S/C11H22N2S/c1-9(8-14)5-13-6-10(2)11(7-13)12(3)4/h10-11,14H,1,5-8H2,2-4H3. The number of likely N-dealkylation sites (N-methyl/N-ethyl adjacent to an activating group) is 1. The molecular weight excluding hydrogens is 192 g/mol. The number of rotatable bonds is 4. The number of nitrogens with zero attached hydrogens (tertiary/aromatic N) is 2. The maximum absolute atomic E-state index is 4.24. The largest absolute Gasteiger partial charge is 0.305 e. The van der Waals surface area contributed by atoms with E-state index >= 15 is 0 Å². The smallest absolute Gasteiger partial charge is 0.0254 e. The topological polar surface area (TPSA) is 6.48 Å². The lowest BCUT2D eigenvalue weighted by Gasteiger charge is -2.22. The zero-order valence-corrected chi connectivity index (χ0v) is 10.4. The highest BCUT2D eigenvalue weighted by Crippen LogP contribution is 2.20. The fourth-order valence-corrected chi connectivity index (χ4v) is 2.32. The summed E-state index contributed by atoms with van der Waals surface area (Å²) in [6, 6.07) is 0.697. The van der Waals surface area contributed by atoms with Crippen molar-refractivity contribution in [2.24, 2.45) is 5.92 Å². The van der Waals surface area contributed by atoms with Crippen molar-refractivity contribution in [1.29, 1.82) is 0 Å². The van der Waals surface area contributed by atoms with Gasteiger partial charge >= 0.3 is 0 Å². The third kappa shape index (κ3) is 3.01. The average molecular weight is 214 g/mol. The van der Waals surface area contributed by atoms with Gasteiger partial charge in [-0.3, -0.25) is 4.90 Å². The van der Waals surface area contributed by atoms with Crippen molar-refractivity contribution in [2.45, 2.75) is 13.0 Å². The van der Waals surface area contributed by atoms with Crippen LogP contribution >= 0.6 is 12.6 Å². The van der Waals surface area contributed by atoms with E-state index in [2.05, 4.69) is 50.0 Å². The monoisotopic (exact) mass is 214 g/mol. The maximum atomic E-state index is 4.24. The Morgan fingerprint density at radius 3 is 2.57 bits per heavy atom. The summed E-state index contributed by atoms with van der Waals surface area (Å²) >= 11 is 4.24.